The molecule has 0 amide bonds. The average molecular weight is 291 g/mol. The lowest BCUT2D eigenvalue weighted by Gasteiger charge is -2.11. The van der Waals surface area contributed by atoms with Gasteiger partial charge in [0.05, 0.1) is 11.6 Å². The molecule has 3 nitrogen and oxygen atoms in total. The van der Waals surface area contributed by atoms with E-state index >= 15 is 0 Å². The maximum atomic E-state index is 12.1. The monoisotopic (exact) mass is 290 g/mol. The molecule has 0 aliphatic rings. The summed E-state index contributed by atoms with van der Waals surface area (Å²) in [5.74, 6) is 0.211. The van der Waals surface area contributed by atoms with E-state index in [2.05, 4.69) is 31.1 Å². The van der Waals surface area contributed by atoms with Gasteiger partial charge in [0.25, 0.3) is 5.56 Å². The molecule has 0 unspecified atom stereocenters. The number of aryl methyl sites for hydroxylation is 3. The Balaban J connectivity index is 2.61. The minimum atomic E-state index is -0.0876. The molecule has 0 atom stereocenters. The Labute approximate surface area is 124 Å². The van der Waals surface area contributed by atoms with E-state index in [4.69, 9.17) is 11.6 Å². The molecule has 20 heavy (non-hydrogen) atoms. The molecular weight excluding hydrogens is 272 g/mol. The molecule has 0 saturated carbocycles. The molecule has 2 aromatic rings. The summed E-state index contributed by atoms with van der Waals surface area (Å²) >= 11 is 5.89. The number of hydrogen-bond donors (Lipinski definition) is 0. The van der Waals surface area contributed by atoms with Crippen LogP contribution >= 0.6 is 11.6 Å². The molecule has 0 spiro atoms. The summed E-state index contributed by atoms with van der Waals surface area (Å²) in [6.45, 7) is 6.76. The maximum Gasteiger partial charge on any atom is 0.271 e. The first-order valence-corrected chi connectivity index (χ1v) is 7.35. The summed E-state index contributed by atoms with van der Waals surface area (Å²) in [4.78, 5) is 12.1. The predicted molar refractivity (Wildman–Crippen MR) is 83.3 cm³/mol. The summed E-state index contributed by atoms with van der Waals surface area (Å²) < 4.78 is 1.52. The summed E-state index contributed by atoms with van der Waals surface area (Å²) in [5.41, 5.74) is 4.74. The van der Waals surface area contributed by atoms with Crippen molar-refractivity contribution >= 4 is 11.6 Å². The van der Waals surface area contributed by atoms with E-state index in [0.717, 1.165) is 23.2 Å². The first-order chi connectivity index (χ1) is 9.56. The van der Waals surface area contributed by atoms with Crippen LogP contribution in [0.2, 0.25) is 0 Å². The van der Waals surface area contributed by atoms with Crippen molar-refractivity contribution in [1.82, 2.24) is 9.78 Å². The maximum absolute atomic E-state index is 12.1. The fraction of sp³-hybridized carbons (Fsp3) is 0.375. The molecule has 1 aromatic carbocycles. The quantitative estimate of drug-likeness (QED) is 0.805. The minimum absolute atomic E-state index is 0.0876. The lowest BCUT2D eigenvalue weighted by atomic mass is 10.0. The lowest BCUT2D eigenvalue weighted by Crippen LogP contribution is -2.26. The Morgan fingerprint density at radius 3 is 2.60 bits per heavy atom. The van der Waals surface area contributed by atoms with Gasteiger partial charge in [-0.25, -0.2) is 4.68 Å². The molecular formula is C16H19ClN2O. The van der Waals surface area contributed by atoms with Crippen LogP contribution in [-0.4, -0.2) is 9.78 Å². The van der Waals surface area contributed by atoms with Gasteiger partial charge in [0.1, 0.15) is 0 Å². The van der Waals surface area contributed by atoms with E-state index in [-0.39, 0.29) is 11.4 Å². The van der Waals surface area contributed by atoms with Crippen molar-refractivity contribution in [3.8, 4) is 11.3 Å². The second kappa shape index (κ2) is 6.23. The van der Waals surface area contributed by atoms with Gasteiger partial charge in [-0.3, -0.25) is 4.79 Å². The van der Waals surface area contributed by atoms with Gasteiger partial charge in [0, 0.05) is 17.7 Å². The molecule has 106 valence electrons. The van der Waals surface area contributed by atoms with Crippen LogP contribution in [0.5, 0.6) is 0 Å². The van der Waals surface area contributed by atoms with E-state index in [9.17, 15) is 4.79 Å². The molecule has 4 heteroatoms. The predicted octanol–water partition coefficient (Wildman–Crippen LogP) is 3.68. The third kappa shape index (κ3) is 2.93. The first-order valence-electron chi connectivity index (χ1n) is 6.81. The van der Waals surface area contributed by atoms with Crippen LogP contribution in [0.3, 0.4) is 0 Å². The summed E-state index contributed by atoms with van der Waals surface area (Å²) in [5, 5.41) is 4.48. The number of halogens is 1. The molecule has 1 heterocycles. The smallest absolute Gasteiger partial charge is 0.267 e. The van der Waals surface area contributed by atoms with Gasteiger partial charge in [0.15, 0.2) is 0 Å². The van der Waals surface area contributed by atoms with Crippen LogP contribution in [0.1, 0.15) is 30.0 Å². The van der Waals surface area contributed by atoms with Crippen molar-refractivity contribution in [2.75, 3.05) is 0 Å². The average Bonchev–Trinajstić information content (AvgIpc) is 2.41. The summed E-state index contributed by atoms with van der Waals surface area (Å²) in [6.07, 6.45) is 0.866. The van der Waals surface area contributed by atoms with Gasteiger partial charge in [0.2, 0.25) is 0 Å². The Hall–Kier alpha value is -1.61. The van der Waals surface area contributed by atoms with E-state index in [1.165, 1.54) is 10.2 Å². The van der Waals surface area contributed by atoms with E-state index < -0.39 is 0 Å². The fourth-order valence-electron chi connectivity index (χ4n) is 2.29. The third-order valence-electron chi connectivity index (χ3n) is 3.29. The highest BCUT2D eigenvalue weighted by Gasteiger charge is 2.10. The van der Waals surface area contributed by atoms with Crippen molar-refractivity contribution in [2.24, 2.45) is 0 Å². The Morgan fingerprint density at radius 1 is 1.25 bits per heavy atom. The zero-order valence-electron chi connectivity index (χ0n) is 12.1. The number of nitrogens with zero attached hydrogens (tertiary/aromatic N) is 2. The van der Waals surface area contributed by atoms with Gasteiger partial charge < -0.3 is 0 Å². The molecule has 0 aliphatic carbocycles. The zero-order chi connectivity index (χ0) is 14.7. The molecule has 0 bridgehead atoms. The molecule has 0 radical (unpaired) electrons. The minimum Gasteiger partial charge on any atom is -0.267 e. The second-order valence-corrected chi connectivity index (χ2v) is 5.30. The Morgan fingerprint density at radius 2 is 2.00 bits per heavy atom. The van der Waals surface area contributed by atoms with Crippen LogP contribution in [0.25, 0.3) is 11.3 Å². The molecule has 1 aromatic heterocycles. The van der Waals surface area contributed by atoms with Gasteiger partial charge in [-0.05, 0) is 31.9 Å². The largest absolute Gasteiger partial charge is 0.271 e. The summed E-state index contributed by atoms with van der Waals surface area (Å²) in [7, 11) is 0. The van der Waals surface area contributed by atoms with E-state index in [1.54, 1.807) is 6.07 Å². The van der Waals surface area contributed by atoms with Crippen LogP contribution < -0.4 is 5.56 Å². The van der Waals surface area contributed by atoms with Crippen molar-refractivity contribution in [2.45, 2.75) is 39.6 Å². The highest BCUT2D eigenvalue weighted by atomic mass is 35.5. The van der Waals surface area contributed by atoms with Gasteiger partial charge in [-0.2, -0.15) is 5.10 Å². The number of hydrogen-bond acceptors (Lipinski definition) is 2. The van der Waals surface area contributed by atoms with Gasteiger partial charge in [-0.15, -0.1) is 11.6 Å². The molecule has 0 fully saturated rings. The molecule has 0 N–H and O–H groups in total. The Bertz CT molecular complexity index is 677. The van der Waals surface area contributed by atoms with Crippen LogP contribution in [0.4, 0.5) is 0 Å². The molecule has 0 aliphatic heterocycles. The normalized spacial score (nSPS) is 10.8. The third-order valence-corrected chi connectivity index (χ3v) is 3.57. The second-order valence-electron chi connectivity index (χ2n) is 5.04. The van der Waals surface area contributed by atoms with E-state index in [0.29, 0.717) is 12.1 Å². The van der Waals surface area contributed by atoms with Crippen molar-refractivity contribution in [3.63, 3.8) is 0 Å². The van der Waals surface area contributed by atoms with Crippen molar-refractivity contribution in [1.29, 1.82) is 0 Å². The number of rotatable bonds is 4. The van der Waals surface area contributed by atoms with E-state index in [1.807, 2.05) is 13.0 Å². The lowest BCUT2D eigenvalue weighted by molar-refractivity contribution is 0.566. The van der Waals surface area contributed by atoms with Crippen LogP contribution in [-0.2, 0) is 12.4 Å². The number of alkyl halides is 1. The molecule has 2 rings (SSSR count). The van der Waals surface area contributed by atoms with Gasteiger partial charge in [-0.1, -0.05) is 30.7 Å². The Kier molecular flexibility index (Phi) is 4.61. The highest BCUT2D eigenvalue weighted by Crippen LogP contribution is 2.22. The van der Waals surface area contributed by atoms with Crippen molar-refractivity contribution < 1.29 is 0 Å². The number of benzene rings is 1. The fourth-order valence-corrected chi connectivity index (χ4v) is 2.48. The van der Waals surface area contributed by atoms with Crippen molar-refractivity contribution in [3.05, 3.63) is 51.3 Å². The van der Waals surface area contributed by atoms with Crippen LogP contribution in [0, 0.1) is 13.8 Å². The standard InChI is InChI=1S/C16H19ClN2O/c1-4-7-19-16(20)13(10-17)9-15(18-19)14-6-5-11(2)8-12(14)3/h5-6,8-9H,4,7,10H2,1-3H3. The summed E-state index contributed by atoms with van der Waals surface area (Å²) in [6, 6.07) is 8.03. The SMILES string of the molecule is CCCn1nc(-c2ccc(C)cc2C)cc(CCl)c1=O. The first kappa shape index (κ1) is 14.8. The highest BCUT2D eigenvalue weighted by molar-refractivity contribution is 6.17. The van der Waals surface area contributed by atoms with Gasteiger partial charge >= 0.3 is 0 Å². The zero-order valence-corrected chi connectivity index (χ0v) is 12.9. The topological polar surface area (TPSA) is 34.9 Å². The molecule has 0 saturated heterocycles. The number of aromatic nitrogens is 2. The van der Waals surface area contributed by atoms with Crippen LogP contribution in [0.15, 0.2) is 29.1 Å².